The molecule has 5 nitrogen and oxygen atoms in total. The maximum absolute atomic E-state index is 12.1. The quantitative estimate of drug-likeness (QED) is 0.894. The molecular formula is C20H24N2O3. The Morgan fingerprint density at radius 2 is 2.12 bits per heavy atom. The zero-order valence-electron chi connectivity index (χ0n) is 14.5. The van der Waals surface area contributed by atoms with Crippen molar-refractivity contribution < 1.29 is 14.6 Å². The van der Waals surface area contributed by atoms with Gasteiger partial charge in [-0.05, 0) is 42.4 Å². The number of nitrogens with zero attached hydrogens (tertiary/aromatic N) is 2. The van der Waals surface area contributed by atoms with Gasteiger partial charge in [0.2, 0.25) is 5.91 Å². The summed E-state index contributed by atoms with van der Waals surface area (Å²) in [5.74, 6) is -0.418. The molecule has 3 atom stereocenters. The van der Waals surface area contributed by atoms with E-state index < -0.39 is 6.04 Å². The van der Waals surface area contributed by atoms with E-state index >= 15 is 0 Å². The Bertz CT molecular complexity index is 690. The summed E-state index contributed by atoms with van der Waals surface area (Å²) < 4.78 is 4.88. The van der Waals surface area contributed by atoms with Crippen LogP contribution in [-0.2, 0) is 9.53 Å². The van der Waals surface area contributed by atoms with E-state index in [1.54, 1.807) is 0 Å². The van der Waals surface area contributed by atoms with Crippen molar-refractivity contribution >= 4 is 11.5 Å². The van der Waals surface area contributed by atoms with E-state index in [1.165, 1.54) is 36.0 Å². The van der Waals surface area contributed by atoms with Gasteiger partial charge in [-0.15, -0.1) is 0 Å². The number of ether oxygens (including phenoxy) is 1. The van der Waals surface area contributed by atoms with E-state index in [1.807, 2.05) is 12.1 Å². The molecule has 1 heterocycles. The number of likely N-dealkylation sites (tertiary alicyclic amines) is 1. The molecule has 1 saturated heterocycles. The van der Waals surface area contributed by atoms with Crippen molar-refractivity contribution in [1.82, 2.24) is 4.90 Å². The number of benzene rings is 1. The molecule has 1 aromatic rings. The molecule has 1 N–H and O–H groups in total. The lowest BCUT2D eigenvalue weighted by molar-refractivity contribution is -0.150. The van der Waals surface area contributed by atoms with Crippen molar-refractivity contribution in [3.63, 3.8) is 0 Å². The minimum absolute atomic E-state index is 0.0749. The Labute approximate surface area is 148 Å². The molecule has 5 heteroatoms. The highest BCUT2D eigenvalue weighted by Crippen LogP contribution is 2.41. The minimum Gasteiger partial charge on any atom is -0.394 e. The highest BCUT2D eigenvalue weighted by atomic mass is 16.5. The number of carbonyl (C=O) groups excluding carboxylic acids is 1. The number of methoxy groups -OCH3 is 1. The topological polar surface area (TPSA) is 73.6 Å². The van der Waals surface area contributed by atoms with Gasteiger partial charge in [0, 0.05) is 13.0 Å². The van der Waals surface area contributed by atoms with Crippen LogP contribution in [0.4, 0.5) is 0 Å². The van der Waals surface area contributed by atoms with Gasteiger partial charge in [0.1, 0.15) is 12.6 Å². The summed E-state index contributed by atoms with van der Waals surface area (Å²) in [5.41, 5.74) is 3.61. The molecule has 0 aromatic heterocycles. The molecule has 3 rings (SSSR count). The number of aliphatic hydroxyl groups is 1. The first kappa shape index (κ1) is 17.7. The van der Waals surface area contributed by atoms with Crippen LogP contribution in [-0.4, -0.2) is 48.3 Å². The molecule has 0 saturated carbocycles. The highest BCUT2D eigenvalue weighted by molar-refractivity contribution is 5.80. The lowest BCUT2D eigenvalue weighted by Gasteiger charge is -2.51. The van der Waals surface area contributed by atoms with Crippen molar-refractivity contribution in [2.75, 3.05) is 20.3 Å². The van der Waals surface area contributed by atoms with E-state index in [0.717, 1.165) is 18.4 Å². The number of carbonyl (C=O) groups is 1. The molecule has 1 fully saturated rings. The van der Waals surface area contributed by atoms with E-state index in [9.17, 15) is 15.2 Å². The van der Waals surface area contributed by atoms with Gasteiger partial charge < -0.3 is 14.7 Å². The second-order valence-corrected chi connectivity index (χ2v) is 6.68. The third kappa shape index (κ3) is 3.33. The molecule has 1 aliphatic heterocycles. The maximum Gasteiger partial charge on any atom is 0.249 e. The number of hydrogen-bond donors (Lipinski definition) is 1. The molecule has 1 amide bonds. The summed E-state index contributed by atoms with van der Waals surface area (Å²) in [6, 6.07) is 9.53. The van der Waals surface area contributed by atoms with Gasteiger partial charge in [0.15, 0.2) is 0 Å². The largest absolute Gasteiger partial charge is 0.394 e. The predicted molar refractivity (Wildman–Crippen MR) is 94.6 cm³/mol. The van der Waals surface area contributed by atoms with E-state index in [2.05, 4.69) is 24.3 Å². The number of aliphatic hydroxyl groups excluding tert-OH is 1. The first-order chi connectivity index (χ1) is 12.2. The molecule has 1 aromatic carbocycles. The number of allylic oxidation sites excluding steroid dienone is 2. The molecule has 0 radical (unpaired) electrons. The molecule has 0 spiro atoms. The van der Waals surface area contributed by atoms with Crippen LogP contribution < -0.4 is 0 Å². The van der Waals surface area contributed by atoms with Gasteiger partial charge in [-0.2, -0.15) is 5.26 Å². The Balaban J connectivity index is 1.79. The zero-order valence-corrected chi connectivity index (χ0v) is 14.5. The van der Waals surface area contributed by atoms with Gasteiger partial charge in [0.25, 0.3) is 0 Å². The average Bonchev–Trinajstić information content (AvgIpc) is 2.63. The smallest absolute Gasteiger partial charge is 0.249 e. The fourth-order valence-corrected chi connectivity index (χ4v) is 3.97. The van der Waals surface area contributed by atoms with Gasteiger partial charge in [-0.1, -0.05) is 30.3 Å². The summed E-state index contributed by atoms with van der Waals surface area (Å²) in [4.78, 5) is 13.6. The predicted octanol–water partition coefficient (Wildman–Crippen LogP) is 2.47. The first-order valence-corrected chi connectivity index (χ1v) is 8.81. The van der Waals surface area contributed by atoms with Crippen LogP contribution in [0.2, 0.25) is 0 Å². The first-order valence-electron chi connectivity index (χ1n) is 8.81. The van der Waals surface area contributed by atoms with E-state index in [4.69, 9.17) is 4.74 Å². The second-order valence-electron chi connectivity index (χ2n) is 6.68. The van der Waals surface area contributed by atoms with Crippen LogP contribution >= 0.6 is 0 Å². The van der Waals surface area contributed by atoms with Crippen LogP contribution in [0.5, 0.6) is 0 Å². The number of amides is 1. The van der Waals surface area contributed by atoms with Crippen molar-refractivity contribution in [3.8, 4) is 6.07 Å². The fourth-order valence-electron chi connectivity index (χ4n) is 3.97. The van der Waals surface area contributed by atoms with Gasteiger partial charge in [0.05, 0.1) is 18.7 Å². The fraction of sp³-hybridized carbons (Fsp3) is 0.500. The van der Waals surface area contributed by atoms with Crippen LogP contribution in [0.15, 0.2) is 30.3 Å². The van der Waals surface area contributed by atoms with Crippen molar-refractivity contribution in [1.29, 1.82) is 5.26 Å². The molecule has 2 aliphatic rings. The summed E-state index contributed by atoms with van der Waals surface area (Å²) in [6.07, 6.45) is 7.05. The molecule has 1 aliphatic carbocycles. The molecule has 0 bridgehead atoms. The standard InChI is InChI=1S/C20H24N2O3/c1-25-13-19(24)22-17(11-21)20(18(22)12-23)16-9-7-15(8-10-16)14-5-3-2-4-6-14/h5,7-10,17-18,20,23H,2-4,6,12-13H2,1H3/t17-,18+,20-/m1/s1. The monoisotopic (exact) mass is 340 g/mol. The molecule has 25 heavy (non-hydrogen) atoms. The molecule has 0 unspecified atom stereocenters. The lowest BCUT2D eigenvalue weighted by atomic mass is 9.75. The third-order valence-electron chi connectivity index (χ3n) is 5.24. The number of rotatable bonds is 5. The van der Waals surface area contributed by atoms with Gasteiger partial charge in [-0.3, -0.25) is 4.79 Å². The number of nitriles is 1. The molecule has 132 valence electrons. The summed E-state index contributed by atoms with van der Waals surface area (Å²) >= 11 is 0. The lowest BCUT2D eigenvalue weighted by Crippen LogP contribution is -2.65. The Hall–Kier alpha value is -2.16. The third-order valence-corrected chi connectivity index (χ3v) is 5.24. The summed E-state index contributed by atoms with van der Waals surface area (Å²) in [7, 11) is 1.45. The Kier molecular flexibility index (Phi) is 5.52. The van der Waals surface area contributed by atoms with Crippen LogP contribution in [0, 0.1) is 11.3 Å². The van der Waals surface area contributed by atoms with Gasteiger partial charge in [-0.25, -0.2) is 0 Å². The minimum atomic E-state index is -0.556. The second kappa shape index (κ2) is 7.81. The van der Waals surface area contributed by atoms with Crippen LogP contribution in [0.3, 0.4) is 0 Å². The average molecular weight is 340 g/mol. The van der Waals surface area contributed by atoms with Crippen LogP contribution in [0.25, 0.3) is 5.57 Å². The molecular weight excluding hydrogens is 316 g/mol. The van der Waals surface area contributed by atoms with Crippen LogP contribution in [0.1, 0.15) is 42.7 Å². The normalized spacial score (nSPS) is 25.7. The highest BCUT2D eigenvalue weighted by Gasteiger charge is 2.51. The Morgan fingerprint density at radius 1 is 1.36 bits per heavy atom. The van der Waals surface area contributed by atoms with Crippen molar-refractivity contribution in [2.45, 2.75) is 43.7 Å². The maximum atomic E-state index is 12.1. The van der Waals surface area contributed by atoms with E-state index in [0.29, 0.717) is 0 Å². The van der Waals surface area contributed by atoms with Crippen molar-refractivity contribution in [2.24, 2.45) is 0 Å². The van der Waals surface area contributed by atoms with Gasteiger partial charge >= 0.3 is 0 Å². The summed E-state index contributed by atoms with van der Waals surface area (Å²) in [6.45, 7) is -0.236. The summed E-state index contributed by atoms with van der Waals surface area (Å²) in [5, 5.41) is 19.2. The number of hydrogen-bond acceptors (Lipinski definition) is 4. The van der Waals surface area contributed by atoms with E-state index in [-0.39, 0.29) is 31.1 Å². The SMILES string of the molecule is COCC(=O)N1[C@H](C#N)[C@@H](c2ccc(C3=CCCCC3)cc2)[C@@H]1CO. The van der Waals surface area contributed by atoms with Crippen molar-refractivity contribution in [3.05, 3.63) is 41.5 Å². The zero-order chi connectivity index (χ0) is 17.8. The Morgan fingerprint density at radius 3 is 2.68 bits per heavy atom.